The van der Waals surface area contributed by atoms with Gasteiger partial charge in [-0.15, -0.1) is 0 Å². The van der Waals surface area contributed by atoms with Crippen LogP contribution in [0.5, 0.6) is 0 Å². The lowest BCUT2D eigenvalue weighted by Gasteiger charge is -2.07. The fourth-order valence-corrected chi connectivity index (χ4v) is 2.02. The molecule has 1 rings (SSSR count). The molecule has 2 N–H and O–H groups in total. The normalized spacial score (nSPS) is 10.2. The van der Waals surface area contributed by atoms with Gasteiger partial charge in [0.25, 0.3) is 0 Å². The minimum Gasteiger partial charge on any atom is -0.326 e. The van der Waals surface area contributed by atoms with Crippen LogP contribution >= 0.6 is 15.9 Å². The predicted molar refractivity (Wildman–Crippen MR) is 70.7 cm³/mol. The van der Waals surface area contributed by atoms with Crippen molar-refractivity contribution in [1.82, 2.24) is 5.32 Å². The smallest absolute Gasteiger partial charge is 0.225 e. The van der Waals surface area contributed by atoms with E-state index in [1.807, 2.05) is 32.0 Å². The fraction of sp³-hybridized carbons (Fsp3) is 0.417. The van der Waals surface area contributed by atoms with Crippen LogP contribution in [0.1, 0.15) is 18.9 Å². The lowest BCUT2D eigenvalue weighted by Crippen LogP contribution is -2.21. The van der Waals surface area contributed by atoms with Crippen molar-refractivity contribution in [3.8, 4) is 0 Å². The summed E-state index contributed by atoms with van der Waals surface area (Å²) in [4.78, 5) is 11.5. The van der Waals surface area contributed by atoms with Gasteiger partial charge in [-0.05, 0) is 37.2 Å². The zero-order valence-corrected chi connectivity index (χ0v) is 11.2. The first kappa shape index (κ1) is 13.2. The maximum Gasteiger partial charge on any atom is 0.225 e. The molecule has 0 aromatic heterocycles. The van der Waals surface area contributed by atoms with Gasteiger partial charge in [-0.1, -0.05) is 22.9 Å². The average Bonchev–Trinajstić information content (AvgIpc) is 2.16. The molecule has 1 aromatic carbocycles. The molecule has 0 radical (unpaired) electrons. The van der Waals surface area contributed by atoms with E-state index in [0.29, 0.717) is 6.42 Å². The molecule has 0 saturated carbocycles. The molecule has 0 unspecified atom stereocenters. The first-order valence-electron chi connectivity index (χ1n) is 5.39. The van der Waals surface area contributed by atoms with E-state index in [1.54, 1.807) is 0 Å². The second-order valence-corrected chi connectivity index (χ2v) is 4.58. The van der Waals surface area contributed by atoms with Crippen molar-refractivity contribution in [2.75, 3.05) is 18.4 Å². The van der Waals surface area contributed by atoms with E-state index >= 15 is 0 Å². The van der Waals surface area contributed by atoms with Gasteiger partial charge in [0.1, 0.15) is 0 Å². The Balaban J connectivity index is 2.49. The molecule has 0 atom stereocenters. The highest BCUT2D eigenvalue weighted by molar-refractivity contribution is 9.10. The predicted octanol–water partition coefficient (Wildman–Crippen LogP) is 2.70. The van der Waals surface area contributed by atoms with Gasteiger partial charge in [-0.3, -0.25) is 4.79 Å². The van der Waals surface area contributed by atoms with E-state index in [1.165, 1.54) is 0 Å². The number of aryl methyl sites for hydroxylation is 1. The Labute approximate surface area is 105 Å². The van der Waals surface area contributed by atoms with Crippen LogP contribution in [-0.4, -0.2) is 19.0 Å². The van der Waals surface area contributed by atoms with Crippen molar-refractivity contribution in [2.24, 2.45) is 0 Å². The van der Waals surface area contributed by atoms with E-state index in [0.717, 1.165) is 28.8 Å². The van der Waals surface area contributed by atoms with Crippen molar-refractivity contribution in [1.29, 1.82) is 0 Å². The van der Waals surface area contributed by atoms with Crippen LogP contribution in [0.3, 0.4) is 0 Å². The third-order valence-corrected chi connectivity index (χ3v) is 2.56. The molecular weight excluding hydrogens is 268 g/mol. The zero-order chi connectivity index (χ0) is 12.0. The van der Waals surface area contributed by atoms with Crippen LogP contribution in [0.2, 0.25) is 0 Å². The molecule has 4 heteroatoms. The number of amides is 1. The number of hydrogen-bond donors (Lipinski definition) is 2. The molecule has 0 heterocycles. The molecule has 1 amide bonds. The monoisotopic (exact) mass is 284 g/mol. The van der Waals surface area contributed by atoms with Crippen LogP contribution in [-0.2, 0) is 4.79 Å². The largest absolute Gasteiger partial charge is 0.326 e. The van der Waals surface area contributed by atoms with Crippen molar-refractivity contribution in [3.05, 3.63) is 28.2 Å². The van der Waals surface area contributed by atoms with Crippen LogP contribution < -0.4 is 10.6 Å². The summed E-state index contributed by atoms with van der Waals surface area (Å²) in [7, 11) is 0. The zero-order valence-electron chi connectivity index (χ0n) is 9.64. The fourth-order valence-electron chi connectivity index (χ4n) is 1.41. The number of halogens is 1. The number of nitrogens with one attached hydrogen (secondary N) is 2. The Morgan fingerprint density at radius 2 is 2.12 bits per heavy atom. The summed E-state index contributed by atoms with van der Waals surface area (Å²) >= 11 is 3.40. The summed E-state index contributed by atoms with van der Waals surface area (Å²) in [6.07, 6.45) is 0.499. The Morgan fingerprint density at radius 3 is 2.75 bits per heavy atom. The third kappa shape index (κ3) is 4.77. The molecule has 16 heavy (non-hydrogen) atoms. The standard InChI is InChI=1S/C12H17BrN2O/c1-3-14-5-4-12(16)15-11-7-9(2)6-10(13)8-11/h6-8,14H,3-5H2,1-2H3,(H,15,16). The van der Waals surface area contributed by atoms with Gasteiger partial charge in [-0.2, -0.15) is 0 Å². The lowest BCUT2D eigenvalue weighted by atomic mass is 10.2. The Hall–Kier alpha value is -0.870. The Kier molecular flexibility index (Phi) is 5.49. The maximum absolute atomic E-state index is 11.5. The van der Waals surface area contributed by atoms with Crippen LogP contribution in [0.4, 0.5) is 5.69 Å². The minimum atomic E-state index is 0.0402. The first-order chi connectivity index (χ1) is 7.61. The number of carbonyl (C=O) groups is 1. The lowest BCUT2D eigenvalue weighted by molar-refractivity contribution is -0.116. The van der Waals surface area contributed by atoms with E-state index < -0.39 is 0 Å². The topological polar surface area (TPSA) is 41.1 Å². The summed E-state index contributed by atoms with van der Waals surface area (Å²) < 4.78 is 0.981. The summed E-state index contributed by atoms with van der Waals surface area (Å²) in [6.45, 7) is 5.63. The molecule has 0 saturated heterocycles. The number of benzene rings is 1. The van der Waals surface area contributed by atoms with E-state index in [4.69, 9.17) is 0 Å². The number of rotatable bonds is 5. The molecule has 0 aliphatic heterocycles. The summed E-state index contributed by atoms with van der Waals surface area (Å²) in [5, 5.41) is 5.99. The van der Waals surface area contributed by atoms with E-state index in [-0.39, 0.29) is 5.91 Å². The average molecular weight is 285 g/mol. The van der Waals surface area contributed by atoms with Crippen LogP contribution in [0, 0.1) is 6.92 Å². The molecule has 0 bridgehead atoms. The van der Waals surface area contributed by atoms with Crippen LogP contribution in [0.25, 0.3) is 0 Å². The summed E-state index contributed by atoms with van der Waals surface area (Å²) in [5.74, 6) is 0.0402. The van der Waals surface area contributed by atoms with Gasteiger partial charge < -0.3 is 10.6 Å². The maximum atomic E-state index is 11.5. The van der Waals surface area contributed by atoms with Gasteiger partial charge in [0.15, 0.2) is 0 Å². The SMILES string of the molecule is CCNCCC(=O)Nc1cc(C)cc(Br)c1. The highest BCUT2D eigenvalue weighted by Gasteiger charge is 2.02. The summed E-state index contributed by atoms with van der Waals surface area (Å²) in [6, 6.07) is 5.86. The van der Waals surface area contributed by atoms with Crippen molar-refractivity contribution in [2.45, 2.75) is 20.3 Å². The molecular formula is C12H17BrN2O. The highest BCUT2D eigenvalue weighted by Crippen LogP contribution is 2.19. The van der Waals surface area contributed by atoms with Crippen molar-refractivity contribution >= 4 is 27.5 Å². The molecule has 1 aromatic rings. The summed E-state index contributed by atoms with van der Waals surface area (Å²) in [5.41, 5.74) is 1.96. The molecule has 0 fully saturated rings. The number of hydrogen-bond acceptors (Lipinski definition) is 2. The molecule has 3 nitrogen and oxygen atoms in total. The van der Waals surface area contributed by atoms with Gasteiger partial charge in [0.2, 0.25) is 5.91 Å². The van der Waals surface area contributed by atoms with Gasteiger partial charge >= 0.3 is 0 Å². The van der Waals surface area contributed by atoms with Gasteiger partial charge in [0, 0.05) is 23.1 Å². The minimum absolute atomic E-state index is 0.0402. The van der Waals surface area contributed by atoms with Gasteiger partial charge in [0.05, 0.1) is 0 Å². The number of anilines is 1. The quantitative estimate of drug-likeness (QED) is 0.817. The molecule has 0 spiro atoms. The van der Waals surface area contributed by atoms with Gasteiger partial charge in [-0.25, -0.2) is 0 Å². The first-order valence-corrected chi connectivity index (χ1v) is 6.19. The van der Waals surface area contributed by atoms with E-state index in [9.17, 15) is 4.79 Å². The molecule has 0 aliphatic rings. The van der Waals surface area contributed by atoms with E-state index in [2.05, 4.69) is 26.6 Å². The second kappa shape index (κ2) is 6.66. The van der Waals surface area contributed by atoms with Crippen molar-refractivity contribution < 1.29 is 4.79 Å². The second-order valence-electron chi connectivity index (χ2n) is 3.67. The number of carbonyl (C=O) groups excluding carboxylic acids is 1. The molecule has 88 valence electrons. The Morgan fingerprint density at radius 1 is 1.38 bits per heavy atom. The Bertz CT molecular complexity index is 346. The van der Waals surface area contributed by atoms with Crippen LogP contribution in [0.15, 0.2) is 22.7 Å². The molecule has 0 aliphatic carbocycles. The third-order valence-electron chi connectivity index (χ3n) is 2.10. The highest BCUT2D eigenvalue weighted by atomic mass is 79.9. The van der Waals surface area contributed by atoms with Crippen molar-refractivity contribution in [3.63, 3.8) is 0 Å².